The summed E-state index contributed by atoms with van der Waals surface area (Å²) in [6, 6.07) is -0.344. The van der Waals surface area contributed by atoms with E-state index in [9.17, 15) is 4.79 Å². The van der Waals surface area contributed by atoms with E-state index in [-0.39, 0.29) is 11.9 Å². The number of amides is 1. The van der Waals surface area contributed by atoms with Crippen LogP contribution in [0.25, 0.3) is 11.0 Å². The van der Waals surface area contributed by atoms with E-state index in [1.807, 2.05) is 20.9 Å². The number of fused-ring (bicyclic) bond motifs is 1. The SMILES string of the molecule is CCN(C)C(=O)C(C)Nc1ncnc2c1cnn2C. The van der Waals surface area contributed by atoms with Gasteiger partial charge >= 0.3 is 0 Å². The number of carbonyl (C=O) groups excluding carboxylic acids is 1. The average Bonchev–Trinajstić information content (AvgIpc) is 2.80. The molecule has 1 N–H and O–H groups in total. The zero-order chi connectivity index (χ0) is 14.0. The molecule has 0 aliphatic carbocycles. The highest BCUT2D eigenvalue weighted by Gasteiger charge is 2.18. The fraction of sp³-hybridized carbons (Fsp3) is 0.500. The topological polar surface area (TPSA) is 75.9 Å². The van der Waals surface area contributed by atoms with Crippen molar-refractivity contribution in [1.82, 2.24) is 24.6 Å². The molecule has 0 aromatic carbocycles. The van der Waals surface area contributed by atoms with Crippen LogP contribution in [-0.2, 0) is 11.8 Å². The minimum Gasteiger partial charge on any atom is -0.358 e. The maximum Gasteiger partial charge on any atom is 0.244 e. The zero-order valence-corrected chi connectivity index (χ0v) is 11.6. The van der Waals surface area contributed by atoms with E-state index in [4.69, 9.17) is 0 Å². The van der Waals surface area contributed by atoms with Gasteiger partial charge in [-0.3, -0.25) is 9.48 Å². The molecule has 0 aliphatic rings. The Morgan fingerprint density at radius 1 is 1.53 bits per heavy atom. The summed E-state index contributed by atoms with van der Waals surface area (Å²) in [6.07, 6.45) is 3.16. The molecule has 2 heterocycles. The second kappa shape index (κ2) is 5.21. The van der Waals surface area contributed by atoms with Gasteiger partial charge in [-0.2, -0.15) is 5.10 Å². The zero-order valence-electron chi connectivity index (χ0n) is 11.6. The normalized spacial score (nSPS) is 12.4. The van der Waals surface area contributed by atoms with Gasteiger partial charge < -0.3 is 10.2 Å². The molecule has 0 aliphatic heterocycles. The second-order valence-electron chi connectivity index (χ2n) is 4.45. The van der Waals surface area contributed by atoms with E-state index < -0.39 is 0 Å². The third-order valence-electron chi connectivity index (χ3n) is 3.10. The number of anilines is 1. The standard InChI is InChI=1S/C12H18N6O/c1-5-17(3)12(19)8(2)16-10-9-6-15-18(4)11(9)14-7-13-10/h6-8H,5H2,1-4H3,(H,13,14,16). The van der Waals surface area contributed by atoms with Gasteiger partial charge in [0.1, 0.15) is 18.2 Å². The summed E-state index contributed by atoms with van der Waals surface area (Å²) in [5.41, 5.74) is 0.737. The molecule has 0 radical (unpaired) electrons. The lowest BCUT2D eigenvalue weighted by Crippen LogP contribution is -2.39. The number of hydrogen-bond donors (Lipinski definition) is 1. The summed E-state index contributed by atoms with van der Waals surface area (Å²) in [5.74, 6) is 0.654. The van der Waals surface area contributed by atoms with Crippen LogP contribution in [0.3, 0.4) is 0 Å². The van der Waals surface area contributed by atoms with E-state index in [0.29, 0.717) is 12.4 Å². The first-order valence-electron chi connectivity index (χ1n) is 6.18. The van der Waals surface area contributed by atoms with E-state index in [0.717, 1.165) is 11.0 Å². The molecule has 1 amide bonds. The van der Waals surface area contributed by atoms with Crippen molar-refractivity contribution in [2.45, 2.75) is 19.9 Å². The van der Waals surface area contributed by atoms with Crippen LogP contribution in [0.2, 0.25) is 0 Å². The molecule has 7 nitrogen and oxygen atoms in total. The monoisotopic (exact) mass is 262 g/mol. The van der Waals surface area contributed by atoms with Gasteiger partial charge in [0.2, 0.25) is 5.91 Å². The van der Waals surface area contributed by atoms with Crippen LogP contribution >= 0.6 is 0 Å². The van der Waals surface area contributed by atoms with Crippen LogP contribution in [0, 0.1) is 0 Å². The Kier molecular flexibility index (Phi) is 3.64. The van der Waals surface area contributed by atoms with Gasteiger partial charge in [-0.1, -0.05) is 0 Å². The first kappa shape index (κ1) is 13.3. The first-order valence-corrected chi connectivity index (χ1v) is 6.18. The highest BCUT2D eigenvalue weighted by molar-refractivity contribution is 5.90. The second-order valence-corrected chi connectivity index (χ2v) is 4.45. The van der Waals surface area contributed by atoms with Gasteiger partial charge in [-0.25, -0.2) is 9.97 Å². The van der Waals surface area contributed by atoms with Crippen molar-refractivity contribution >= 4 is 22.8 Å². The van der Waals surface area contributed by atoms with Gasteiger partial charge in [0.05, 0.1) is 11.6 Å². The maximum absolute atomic E-state index is 12.0. The van der Waals surface area contributed by atoms with Crippen LogP contribution in [0.1, 0.15) is 13.8 Å². The van der Waals surface area contributed by atoms with Gasteiger partial charge in [0.25, 0.3) is 0 Å². The molecular weight excluding hydrogens is 244 g/mol. The summed E-state index contributed by atoms with van der Waals surface area (Å²) < 4.78 is 1.67. The van der Waals surface area contributed by atoms with Gasteiger partial charge in [-0.05, 0) is 13.8 Å². The van der Waals surface area contributed by atoms with Crippen molar-refractivity contribution in [3.05, 3.63) is 12.5 Å². The highest BCUT2D eigenvalue weighted by atomic mass is 16.2. The smallest absolute Gasteiger partial charge is 0.244 e. The third-order valence-corrected chi connectivity index (χ3v) is 3.10. The number of rotatable bonds is 4. The Morgan fingerprint density at radius 3 is 2.95 bits per heavy atom. The molecular formula is C12H18N6O. The number of carbonyl (C=O) groups is 1. The molecule has 0 spiro atoms. The van der Waals surface area contributed by atoms with Crippen molar-refractivity contribution < 1.29 is 4.79 Å². The molecule has 1 atom stereocenters. The third kappa shape index (κ3) is 2.49. The van der Waals surface area contributed by atoms with E-state index in [1.165, 1.54) is 6.33 Å². The number of hydrogen-bond acceptors (Lipinski definition) is 5. The van der Waals surface area contributed by atoms with Crippen molar-refractivity contribution in [3.63, 3.8) is 0 Å². The Hall–Kier alpha value is -2.18. The Bertz CT molecular complexity index is 593. The van der Waals surface area contributed by atoms with E-state index in [2.05, 4.69) is 20.4 Å². The first-order chi connectivity index (χ1) is 9.04. The van der Waals surface area contributed by atoms with Crippen LogP contribution < -0.4 is 5.32 Å². The van der Waals surface area contributed by atoms with Gasteiger partial charge in [0, 0.05) is 20.6 Å². The van der Waals surface area contributed by atoms with Gasteiger partial charge in [0.15, 0.2) is 5.65 Å². The Labute approximate surface area is 111 Å². The molecule has 0 saturated carbocycles. The molecule has 19 heavy (non-hydrogen) atoms. The molecule has 2 rings (SSSR count). The Balaban J connectivity index is 2.24. The van der Waals surface area contributed by atoms with Crippen molar-refractivity contribution in [1.29, 1.82) is 0 Å². The highest BCUT2D eigenvalue weighted by Crippen LogP contribution is 2.18. The predicted molar refractivity (Wildman–Crippen MR) is 72.7 cm³/mol. The number of nitrogens with one attached hydrogen (secondary N) is 1. The summed E-state index contributed by atoms with van der Waals surface area (Å²) in [6.45, 7) is 4.43. The van der Waals surface area contributed by atoms with E-state index in [1.54, 1.807) is 22.8 Å². The van der Waals surface area contributed by atoms with Crippen LogP contribution in [0.4, 0.5) is 5.82 Å². The van der Waals surface area contributed by atoms with Crippen LogP contribution in [0.5, 0.6) is 0 Å². The molecule has 2 aromatic heterocycles. The molecule has 1 unspecified atom stereocenters. The number of aryl methyl sites for hydroxylation is 1. The number of aromatic nitrogens is 4. The van der Waals surface area contributed by atoms with Crippen LogP contribution in [0.15, 0.2) is 12.5 Å². The minimum atomic E-state index is -0.344. The lowest BCUT2D eigenvalue weighted by atomic mass is 10.2. The molecule has 0 bridgehead atoms. The summed E-state index contributed by atoms with van der Waals surface area (Å²) in [5, 5.41) is 8.07. The maximum atomic E-state index is 12.0. The summed E-state index contributed by atoms with van der Waals surface area (Å²) in [4.78, 5) is 22.0. The molecule has 7 heteroatoms. The fourth-order valence-electron chi connectivity index (χ4n) is 1.83. The fourth-order valence-corrected chi connectivity index (χ4v) is 1.83. The van der Waals surface area contributed by atoms with Crippen molar-refractivity contribution in [2.75, 3.05) is 18.9 Å². The molecule has 102 valence electrons. The molecule has 0 fully saturated rings. The number of nitrogens with zero attached hydrogens (tertiary/aromatic N) is 5. The lowest BCUT2D eigenvalue weighted by molar-refractivity contribution is -0.130. The summed E-state index contributed by atoms with van der Waals surface area (Å²) in [7, 11) is 3.60. The van der Waals surface area contributed by atoms with Crippen LogP contribution in [-0.4, -0.2) is 50.2 Å². The van der Waals surface area contributed by atoms with Crippen molar-refractivity contribution in [2.24, 2.45) is 7.05 Å². The molecule has 0 saturated heterocycles. The lowest BCUT2D eigenvalue weighted by Gasteiger charge is -2.21. The minimum absolute atomic E-state index is 0.0261. The summed E-state index contributed by atoms with van der Waals surface area (Å²) >= 11 is 0. The predicted octanol–water partition coefficient (Wildman–Crippen LogP) is 0.642. The average molecular weight is 262 g/mol. The van der Waals surface area contributed by atoms with Crippen molar-refractivity contribution in [3.8, 4) is 0 Å². The number of likely N-dealkylation sites (N-methyl/N-ethyl adjacent to an activating group) is 1. The largest absolute Gasteiger partial charge is 0.358 e. The van der Waals surface area contributed by atoms with E-state index >= 15 is 0 Å². The quantitative estimate of drug-likeness (QED) is 0.875. The molecule has 2 aromatic rings. The Morgan fingerprint density at radius 2 is 2.26 bits per heavy atom. The van der Waals surface area contributed by atoms with Gasteiger partial charge in [-0.15, -0.1) is 0 Å².